The van der Waals surface area contributed by atoms with Crippen LogP contribution in [0.15, 0.2) is 10.6 Å². The van der Waals surface area contributed by atoms with Crippen molar-refractivity contribution in [2.75, 3.05) is 6.54 Å². The predicted octanol–water partition coefficient (Wildman–Crippen LogP) is 3.07. The average molecular weight is 237 g/mol. The van der Waals surface area contributed by atoms with Crippen LogP contribution < -0.4 is 5.43 Å². The van der Waals surface area contributed by atoms with Gasteiger partial charge in [-0.3, -0.25) is 0 Å². The van der Waals surface area contributed by atoms with Gasteiger partial charge >= 0.3 is 0 Å². The second-order valence-corrected chi connectivity index (χ2v) is 4.63. The lowest BCUT2D eigenvalue weighted by Gasteiger charge is -2.39. The molecule has 0 bridgehead atoms. The Morgan fingerprint density at radius 3 is 2.50 bits per heavy atom. The molecule has 0 aromatic rings. The lowest BCUT2D eigenvalue weighted by Crippen LogP contribution is -2.52. The van der Waals surface area contributed by atoms with Crippen LogP contribution in [-0.4, -0.2) is 23.6 Å². The Bertz CT molecular complexity index is 196. The standard InChI is InChI=1S/C10H18Cl2N2/c1-8-4-3-5-9(2)14(8)13-7-10(12)6-11/h6,8-9,13H,3-5,7H2,1-2H3/b10-6-. The van der Waals surface area contributed by atoms with Crippen molar-refractivity contribution in [3.63, 3.8) is 0 Å². The third-order valence-electron chi connectivity index (χ3n) is 2.74. The van der Waals surface area contributed by atoms with Crippen molar-refractivity contribution in [3.8, 4) is 0 Å². The molecule has 0 aromatic carbocycles. The van der Waals surface area contributed by atoms with E-state index in [1.54, 1.807) is 0 Å². The number of piperidine rings is 1. The quantitative estimate of drug-likeness (QED) is 0.811. The molecule has 14 heavy (non-hydrogen) atoms. The van der Waals surface area contributed by atoms with Crippen LogP contribution in [0, 0.1) is 0 Å². The molecule has 1 aliphatic rings. The van der Waals surface area contributed by atoms with Gasteiger partial charge in [-0.15, -0.1) is 0 Å². The van der Waals surface area contributed by atoms with Gasteiger partial charge in [0, 0.05) is 29.2 Å². The molecule has 2 unspecified atom stereocenters. The van der Waals surface area contributed by atoms with Crippen molar-refractivity contribution < 1.29 is 0 Å². The minimum absolute atomic E-state index is 0.582. The first-order valence-corrected chi connectivity index (χ1v) is 5.93. The zero-order chi connectivity index (χ0) is 10.6. The van der Waals surface area contributed by atoms with E-state index in [2.05, 4.69) is 24.3 Å². The molecular formula is C10H18Cl2N2. The maximum Gasteiger partial charge on any atom is 0.0470 e. The van der Waals surface area contributed by atoms with Crippen LogP contribution in [0.3, 0.4) is 0 Å². The topological polar surface area (TPSA) is 15.3 Å². The molecule has 2 atom stereocenters. The highest BCUT2D eigenvalue weighted by Gasteiger charge is 2.23. The van der Waals surface area contributed by atoms with Gasteiger partial charge in [0.05, 0.1) is 0 Å². The van der Waals surface area contributed by atoms with Crippen LogP contribution in [0.4, 0.5) is 0 Å². The Morgan fingerprint density at radius 1 is 1.43 bits per heavy atom. The second-order valence-electron chi connectivity index (χ2n) is 3.93. The van der Waals surface area contributed by atoms with E-state index in [1.807, 2.05) is 0 Å². The first-order valence-electron chi connectivity index (χ1n) is 5.11. The third kappa shape index (κ3) is 3.43. The van der Waals surface area contributed by atoms with E-state index in [-0.39, 0.29) is 0 Å². The average Bonchev–Trinajstić information content (AvgIpc) is 2.16. The van der Waals surface area contributed by atoms with Crippen LogP contribution in [0.1, 0.15) is 33.1 Å². The Balaban J connectivity index is 2.40. The fraction of sp³-hybridized carbons (Fsp3) is 0.800. The summed E-state index contributed by atoms with van der Waals surface area (Å²) in [4.78, 5) is 0. The molecule has 0 radical (unpaired) electrons. The van der Waals surface area contributed by atoms with E-state index >= 15 is 0 Å². The van der Waals surface area contributed by atoms with Gasteiger partial charge in [0.25, 0.3) is 0 Å². The minimum Gasteiger partial charge on any atom is -0.249 e. The van der Waals surface area contributed by atoms with Gasteiger partial charge in [0.2, 0.25) is 0 Å². The Labute approximate surface area is 96.2 Å². The molecule has 1 fully saturated rings. The Kier molecular flexibility index (Phi) is 5.24. The summed E-state index contributed by atoms with van der Waals surface area (Å²) < 4.78 is 0. The van der Waals surface area contributed by atoms with Crippen LogP contribution in [-0.2, 0) is 0 Å². The molecule has 0 aliphatic carbocycles. The highest BCUT2D eigenvalue weighted by Crippen LogP contribution is 2.20. The van der Waals surface area contributed by atoms with E-state index in [9.17, 15) is 0 Å². The van der Waals surface area contributed by atoms with Gasteiger partial charge in [-0.05, 0) is 26.7 Å². The molecule has 4 heteroatoms. The highest BCUT2D eigenvalue weighted by atomic mass is 35.5. The number of hydrogen-bond acceptors (Lipinski definition) is 2. The molecule has 0 amide bonds. The van der Waals surface area contributed by atoms with Crippen LogP contribution in [0.2, 0.25) is 0 Å². The first-order chi connectivity index (χ1) is 6.65. The molecule has 0 aromatic heterocycles. The van der Waals surface area contributed by atoms with Crippen molar-refractivity contribution >= 4 is 23.2 Å². The summed E-state index contributed by atoms with van der Waals surface area (Å²) in [6, 6.07) is 1.16. The summed E-state index contributed by atoms with van der Waals surface area (Å²) >= 11 is 11.3. The summed E-state index contributed by atoms with van der Waals surface area (Å²) in [6.07, 6.45) is 3.82. The number of rotatable bonds is 3. The van der Waals surface area contributed by atoms with Crippen molar-refractivity contribution in [3.05, 3.63) is 10.6 Å². The van der Waals surface area contributed by atoms with Crippen molar-refractivity contribution in [1.82, 2.24) is 10.4 Å². The molecule has 82 valence electrons. The zero-order valence-electron chi connectivity index (χ0n) is 8.76. The van der Waals surface area contributed by atoms with E-state index in [0.29, 0.717) is 23.7 Å². The van der Waals surface area contributed by atoms with Crippen LogP contribution in [0.5, 0.6) is 0 Å². The summed E-state index contributed by atoms with van der Waals surface area (Å²) in [7, 11) is 0. The smallest absolute Gasteiger partial charge is 0.0470 e. The summed E-state index contributed by atoms with van der Waals surface area (Å²) in [6.45, 7) is 5.10. The molecule has 0 spiro atoms. The highest BCUT2D eigenvalue weighted by molar-refractivity contribution is 6.36. The molecule has 1 rings (SSSR count). The van der Waals surface area contributed by atoms with E-state index in [4.69, 9.17) is 23.2 Å². The van der Waals surface area contributed by atoms with Crippen LogP contribution in [0.25, 0.3) is 0 Å². The van der Waals surface area contributed by atoms with Gasteiger partial charge in [-0.25, -0.2) is 10.4 Å². The van der Waals surface area contributed by atoms with Crippen molar-refractivity contribution in [2.45, 2.75) is 45.2 Å². The second kappa shape index (κ2) is 5.96. The molecule has 1 N–H and O–H groups in total. The maximum absolute atomic E-state index is 5.82. The van der Waals surface area contributed by atoms with Crippen molar-refractivity contribution in [1.29, 1.82) is 0 Å². The molecule has 1 heterocycles. The van der Waals surface area contributed by atoms with E-state index < -0.39 is 0 Å². The lowest BCUT2D eigenvalue weighted by atomic mass is 10.00. The van der Waals surface area contributed by atoms with Gasteiger partial charge in [-0.2, -0.15) is 0 Å². The monoisotopic (exact) mass is 236 g/mol. The van der Waals surface area contributed by atoms with Gasteiger partial charge in [0.15, 0.2) is 0 Å². The predicted molar refractivity (Wildman–Crippen MR) is 62.4 cm³/mol. The normalized spacial score (nSPS) is 30.7. The maximum atomic E-state index is 5.82. The fourth-order valence-electron chi connectivity index (χ4n) is 1.94. The molecule has 0 saturated carbocycles. The number of hydrazine groups is 1. The summed E-state index contributed by atoms with van der Waals surface area (Å²) in [5.74, 6) is 0. The minimum atomic E-state index is 0.582. The van der Waals surface area contributed by atoms with Gasteiger partial charge < -0.3 is 0 Å². The molecular weight excluding hydrogens is 219 g/mol. The third-order valence-corrected chi connectivity index (χ3v) is 3.36. The van der Waals surface area contributed by atoms with Crippen molar-refractivity contribution in [2.24, 2.45) is 0 Å². The first kappa shape index (κ1) is 12.3. The SMILES string of the molecule is CC1CCCC(C)N1NC/C(Cl)=C/Cl. The molecule has 1 saturated heterocycles. The van der Waals surface area contributed by atoms with Crippen LogP contribution >= 0.6 is 23.2 Å². The van der Waals surface area contributed by atoms with E-state index in [0.717, 1.165) is 0 Å². The lowest BCUT2D eigenvalue weighted by molar-refractivity contribution is 0.0509. The molecule has 1 aliphatic heterocycles. The van der Waals surface area contributed by atoms with Gasteiger partial charge in [0.1, 0.15) is 0 Å². The number of nitrogens with one attached hydrogen (secondary N) is 1. The Hall–Kier alpha value is 0.240. The Morgan fingerprint density at radius 2 is 2.00 bits per heavy atom. The van der Waals surface area contributed by atoms with E-state index in [1.165, 1.54) is 24.8 Å². The summed E-state index contributed by atoms with van der Waals surface area (Å²) in [5, 5.41) is 2.93. The van der Waals surface area contributed by atoms with Gasteiger partial charge in [-0.1, -0.05) is 29.6 Å². The number of halogens is 2. The zero-order valence-corrected chi connectivity index (χ0v) is 10.3. The number of nitrogens with zero attached hydrogens (tertiary/aromatic N) is 1. The largest absolute Gasteiger partial charge is 0.249 e. The molecule has 2 nitrogen and oxygen atoms in total. The fourth-order valence-corrected chi connectivity index (χ4v) is 2.08. The number of hydrogen-bond donors (Lipinski definition) is 1. The summed E-state index contributed by atoms with van der Waals surface area (Å²) in [5.41, 5.74) is 4.73.